The monoisotopic (exact) mass is 315 g/mol. The first-order valence-corrected chi connectivity index (χ1v) is 8.68. The van der Waals surface area contributed by atoms with E-state index in [9.17, 15) is 13.5 Å². The van der Waals surface area contributed by atoms with E-state index in [0.717, 1.165) is 5.75 Å². The Hall–Kier alpha value is -1.31. The van der Waals surface area contributed by atoms with E-state index in [0.29, 0.717) is 25.4 Å². The molecule has 1 heterocycles. The van der Waals surface area contributed by atoms with Crippen LogP contribution in [0.1, 0.15) is 0 Å². The maximum Gasteiger partial charge on any atom is 0.152 e. The second-order valence-corrected chi connectivity index (χ2v) is 7.40. The lowest BCUT2D eigenvalue weighted by molar-refractivity contribution is 0.0710. The van der Waals surface area contributed by atoms with Gasteiger partial charge in [0.25, 0.3) is 0 Å². The average Bonchev–Trinajstić information content (AvgIpc) is 2.48. The van der Waals surface area contributed by atoms with Gasteiger partial charge in [-0.3, -0.25) is 4.90 Å². The van der Waals surface area contributed by atoms with E-state index in [1.165, 1.54) is 0 Å². The van der Waals surface area contributed by atoms with Gasteiger partial charge < -0.3 is 14.6 Å². The highest BCUT2D eigenvalue weighted by Crippen LogP contribution is 2.17. The molecule has 1 fully saturated rings. The van der Waals surface area contributed by atoms with E-state index in [-0.39, 0.29) is 18.1 Å². The molecule has 1 atom stereocenters. The van der Waals surface area contributed by atoms with Crippen LogP contribution < -0.4 is 9.47 Å². The Bertz CT molecular complexity index is 529. The molecule has 0 aromatic heterocycles. The molecule has 21 heavy (non-hydrogen) atoms. The van der Waals surface area contributed by atoms with Gasteiger partial charge in [0.15, 0.2) is 9.84 Å². The van der Waals surface area contributed by atoms with Crippen molar-refractivity contribution in [3.8, 4) is 11.5 Å². The molecule has 6 nitrogen and oxygen atoms in total. The lowest BCUT2D eigenvalue weighted by Gasteiger charge is -2.28. The zero-order valence-electron chi connectivity index (χ0n) is 12.1. The number of β-amino-alcohol motifs (C(OH)–C–C–N with tert-alkyl or cyclic N) is 1. The van der Waals surface area contributed by atoms with Crippen molar-refractivity contribution >= 4 is 9.84 Å². The third-order valence-corrected chi connectivity index (χ3v) is 5.02. The summed E-state index contributed by atoms with van der Waals surface area (Å²) in [6, 6.07) is 7.13. The summed E-state index contributed by atoms with van der Waals surface area (Å²) in [4.78, 5) is 1.95. The highest BCUT2D eigenvalue weighted by atomic mass is 32.2. The molecule has 7 heteroatoms. The van der Waals surface area contributed by atoms with Gasteiger partial charge in [-0.15, -0.1) is 0 Å². The number of aliphatic hydroxyl groups is 1. The zero-order chi connectivity index (χ0) is 15.3. The van der Waals surface area contributed by atoms with Crippen molar-refractivity contribution in [2.24, 2.45) is 0 Å². The molecular weight excluding hydrogens is 294 g/mol. The Morgan fingerprint density at radius 2 is 1.76 bits per heavy atom. The molecule has 0 saturated carbocycles. The van der Waals surface area contributed by atoms with Gasteiger partial charge in [-0.2, -0.15) is 0 Å². The molecule has 118 valence electrons. The van der Waals surface area contributed by atoms with Gasteiger partial charge in [-0.25, -0.2) is 8.42 Å². The molecule has 1 aromatic rings. The van der Waals surface area contributed by atoms with Crippen LogP contribution in [0.5, 0.6) is 11.5 Å². The molecule has 1 unspecified atom stereocenters. The van der Waals surface area contributed by atoms with Crippen molar-refractivity contribution in [1.29, 1.82) is 0 Å². The predicted molar refractivity (Wildman–Crippen MR) is 79.6 cm³/mol. The van der Waals surface area contributed by atoms with Gasteiger partial charge in [0.2, 0.25) is 0 Å². The minimum Gasteiger partial charge on any atom is -0.497 e. The van der Waals surface area contributed by atoms with Gasteiger partial charge in [0.05, 0.1) is 18.6 Å². The van der Waals surface area contributed by atoms with Crippen LogP contribution in [0.3, 0.4) is 0 Å². The SMILES string of the molecule is COc1ccc(OCC(O)CN2CCS(=O)(=O)CC2)cc1. The number of benzene rings is 1. The van der Waals surface area contributed by atoms with Crippen LogP contribution in [-0.4, -0.2) is 69.4 Å². The number of aliphatic hydroxyl groups excluding tert-OH is 1. The minimum atomic E-state index is -2.88. The fourth-order valence-electron chi connectivity index (χ4n) is 2.15. The third-order valence-electron chi connectivity index (χ3n) is 3.41. The summed E-state index contributed by atoms with van der Waals surface area (Å²) in [5.41, 5.74) is 0. The number of rotatable bonds is 6. The van der Waals surface area contributed by atoms with Crippen molar-refractivity contribution in [1.82, 2.24) is 4.90 Å². The maximum atomic E-state index is 11.3. The number of ether oxygens (including phenoxy) is 2. The number of hydrogen-bond acceptors (Lipinski definition) is 6. The third kappa shape index (κ3) is 5.18. The van der Waals surface area contributed by atoms with E-state index in [4.69, 9.17) is 9.47 Å². The van der Waals surface area contributed by atoms with Crippen molar-refractivity contribution in [2.75, 3.05) is 44.9 Å². The minimum absolute atomic E-state index is 0.166. The normalized spacial score (nSPS) is 19.9. The van der Waals surface area contributed by atoms with Crippen LogP contribution in [0, 0.1) is 0 Å². The average molecular weight is 315 g/mol. The molecule has 1 N–H and O–H groups in total. The molecule has 0 bridgehead atoms. The molecule has 1 saturated heterocycles. The van der Waals surface area contributed by atoms with E-state index < -0.39 is 15.9 Å². The number of nitrogens with zero attached hydrogens (tertiary/aromatic N) is 1. The first kappa shape index (κ1) is 16.1. The zero-order valence-corrected chi connectivity index (χ0v) is 12.9. The Morgan fingerprint density at radius 3 is 2.33 bits per heavy atom. The molecule has 2 rings (SSSR count). The first-order valence-electron chi connectivity index (χ1n) is 6.86. The maximum absolute atomic E-state index is 11.3. The van der Waals surface area contributed by atoms with E-state index >= 15 is 0 Å². The fraction of sp³-hybridized carbons (Fsp3) is 0.571. The van der Waals surface area contributed by atoms with E-state index in [1.54, 1.807) is 31.4 Å². The van der Waals surface area contributed by atoms with Crippen LogP contribution in [0.25, 0.3) is 0 Å². The molecule has 0 aliphatic carbocycles. The summed E-state index contributed by atoms with van der Waals surface area (Å²) in [5.74, 6) is 1.74. The summed E-state index contributed by atoms with van der Waals surface area (Å²) in [5, 5.41) is 9.95. The second kappa shape index (κ2) is 7.11. The molecule has 1 aromatic carbocycles. The standard InChI is InChI=1S/C14H21NO5S/c1-19-13-2-4-14(5-3-13)20-11-12(16)10-15-6-8-21(17,18)9-7-15/h2-5,12,16H,6-11H2,1H3. The van der Waals surface area contributed by atoms with Crippen molar-refractivity contribution in [3.05, 3.63) is 24.3 Å². The largest absolute Gasteiger partial charge is 0.497 e. The quantitative estimate of drug-likeness (QED) is 0.806. The smallest absolute Gasteiger partial charge is 0.152 e. The second-order valence-electron chi connectivity index (χ2n) is 5.09. The molecule has 0 amide bonds. The molecular formula is C14H21NO5S. The van der Waals surface area contributed by atoms with E-state index in [2.05, 4.69) is 0 Å². The Labute approximate surface area is 125 Å². The number of hydrogen-bond donors (Lipinski definition) is 1. The fourth-order valence-corrected chi connectivity index (χ4v) is 3.42. The van der Waals surface area contributed by atoms with Crippen LogP contribution in [0.2, 0.25) is 0 Å². The van der Waals surface area contributed by atoms with Crippen LogP contribution in [-0.2, 0) is 9.84 Å². The van der Waals surface area contributed by atoms with Gasteiger partial charge in [-0.05, 0) is 24.3 Å². The summed E-state index contributed by atoms with van der Waals surface area (Å²) < 4.78 is 33.2. The van der Waals surface area contributed by atoms with Crippen molar-refractivity contribution in [3.63, 3.8) is 0 Å². The number of methoxy groups -OCH3 is 1. The Kier molecular flexibility index (Phi) is 5.44. The lowest BCUT2D eigenvalue weighted by Crippen LogP contribution is -2.44. The molecule has 0 spiro atoms. The summed E-state index contributed by atoms with van der Waals surface area (Å²) in [6.07, 6.45) is -0.645. The molecule has 0 radical (unpaired) electrons. The van der Waals surface area contributed by atoms with Crippen molar-refractivity contribution < 1.29 is 23.0 Å². The molecule has 1 aliphatic rings. The van der Waals surface area contributed by atoms with Crippen LogP contribution >= 0.6 is 0 Å². The Balaban J connectivity index is 1.73. The van der Waals surface area contributed by atoms with E-state index in [1.807, 2.05) is 4.90 Å². The summed E-state index contributed by atoms with van der Waals surface area (Å²) in [6.45, 7) is 1.55. The van der Waals surface area contributed by atoms with Crippen molar-refractivity contribution in [2.45, 2.75) is 6.10 Å². The van der Waals surface area contributed by atoms with Gasteiger partial charge in [-0.1, -0.05) is 0 Å². The highest BCUT2D eigenvalue weighted by molar-refractivity contribution is 7.91. The first-order chi connectivity index (χ1) is 9.98. The predicted octanol–water partition coefficient (Wildman–Crippen LogP) is 0.165. The topological polar surface area (TPSA) is 76.1 Å². The van der Waals surface area contributed by atoms with Gasteiger partial charge >= 0.3 is 0 Å². The van der Waals surface area contributed by atoms with Crippen LogP contribution in [0.4, 0.5) is 0 Å². The summed E-state index contributed by atoms with van der Waals surface area (Å²) in [7, 11) is -1.28. The number of sulfone groups is 1. The molecule has 1 aliphatic heterocycles. The highest BCUT2D eigenvalue weighted by Gasteiger charge is 2.23. The Morgan fingerprint density at radius 1 is 1.19 bits per heavy atom. The van der Waals surface area contributed by atoms with Gasteiger partial charge in [0.1, 0.15) is 24.2 Å². The summed E-state index contributed by atoms with van der Waals surface area (Å²) >= 11 is 0. The lowest BCUT2D eigenvalue weighted by atomic mass is 10.3. The van der Waals surface area contributed by atoms with Gasteiger partial charge in [0, 0.05) is 19.6 Å². The van der Waals surface area contributed by atoms with Crippen LogP contribution in [0.15, 0.2) is 24.3 Å².